The Hall–Kier alpha value is -3.48. The molecule has 0 atom stereocenters. The minimum atomic E-state index is -5.04. The Balaban J connectivity index is 1.92. The number of nitrogens with one attached hydrogen (secondary N) is 2. The van der Waals surface area contributed by atoms with Crippen molar-refractivity contribution in [1.82, 2.24) is 5.32 Å². The molecule has 3 rings (SSSR count). The van der Waals surface area contributed by atoms with Crippen LogP contribution in [0.3, 0.4) is 0 Å². The van der Waals surface area contributed by atoms with Gasteiger partial charge in [0.25, 0.3) is 5.24 Å². The molecule has 35 heavy (non-hydrogen) atoms. The lowest BCUT2D eigenvalue weighted by atomic mass is 10.0. The van der Waals surface area contributed by atoms with Gasteiger partial charge in [-0.3, -0.25) is 14.6 Å². The van der Waals surface area contributed by atoms with Gasteiger partial charge >= 0.3 is 12.4 Å². The van der Waals surface area contributed by atoms with E-state index in [1.54, 1.807) is 6.08 Å². The molecular weight excluding hydrogens is 500 g/mol. The molecule has 1 aliphatic heterocycles. The van der Waals surface area contributed by atoms with Gasteiger partial charge < -0.3 is 15.4 Å². The molecule has 1 fully saturated rings. The summed E-state index contributed by atoms with van der Waals surface area (Å²) in [6.07, 6.45) is -8.38. The number of carbonyl (C=O) groups excluding carboxylic acids is 2. The van der Waals surface area contributed by atoms with Gasteiger partial charge in [-0.1, -0.05) is 12.1 Å². The molecular formula is C22H17F6N3O3S. The van der Waals surface area contributed by atoms with Gasteiger partial charge in [-0.05, 0) is 47.7 Å². The molecule has 1 heterocycles. The number of nitrogens with zero attached hydrogens (tertiary/aromatic N) is 1. The van der Waals surface area contributed by atoms with Gasteiger partial charge in [-0.2, -0.15) is 26.3 Å². The van der Waals surface area contributed by atoms with Crippen LogP contribution in [0.4, 0.5) is 36.8 Å². The van der Waals surface area contributed by atoms with E-state index in [-0.39, 0.29) is 22.7 Å². The minimum Gasteiger partial charge on any atom is -0.487 e. The maximum Gasteiger partial charge on any atom is 0.416 e. The van der Waals surface area contributed by atoms with E-state index in [9.17, 15) is 35.9 Å². The highest BCUT2D eigenvalue weighted by molar-refractivity contribution is 8.18. The Labute approximate surface area is 199 Å². The van der Waals surface area contributed by atoms with Crippen molar-refractivity contribution in [3.63, 3.8) is 0 Å². The van der Waals surface area contributed by atoms with E-state index in [0.29, 0.717) is 28.4 Å². The molecule has 0 saturated carbocycles. The summed E-state index contributed by atoms with van der Waals surface area (Å²) in [5.74, 6) is -0.149. The van der Waals surface area contributed by atoms with E-state index < -0.39 is 41.6 Å². The van der Waals surface area contributed by atoms with Crippen LogP contribution in [-0.4, -0.2) is 24.0 Å². The number of amidine groups is 1. The van der Waals surface area contributed by atoms with Crippen molar-refractivity contribution in [3.05, 3.63) is 63.6 Å². The van der Waals surface area contributed by atoms with Gasteiger partial charge in [-0.25, -0.2) is 0 Å². The number of benzene rings is 2. The summed E-state index contributed by atoms with van der Waals surface area (Å²) in [5.41, 5.74) is -2.79. The van der Waals surface area contributed by atoms with Crippen LogP contribution in [0.2, 0.25) is 0 Å². The fourth-order valence-electron chi connectivity index (χ4n) is 3.10. The maximum absolute atomic E-state index is 13.4. The van der Waals surface area contributed by atoms with Crippen LogP contribution in [0.15, 0.2) is 46.3 Å². The van der Waals surface area contributed by atoms with Gasteiger partial charge in [0.1, 0.15) is 18.2 Å². The molecule has 2 N–H and O–H groups in total. The fraction of sp³-hybridized carbons (Fsp3) is 0.227. The number of rotatable bonds is 5. The lowest BCUT2D eigenvalue weighted by Gasteiger charge is -2.17. The topological polar surface area (TPSA) is 79.8 Å². The number of amides is 2. The van der Waals surface area contributed by atoms with Crippen molar-refractivity contribution in [2.45, 2.75) is 25.9 Å². The predicted molar refractivity (Wildman–Crippen MR) is 119 cm³/mol. The van der Waals surface area contributed by atoms with Crippen molar-refractivity contribution in [3.8, 4) is 5.75 Å². The van der Waals surface area contributed by atoms with Crippen molar-refractivity contribution >= 4 is 40.5 Å². The monoisotopic (exact) mass is 517 g/mol. The van der Waals surface area contributed by atoms with Crippen molar-refractivity contribution in [2.75, 3.05) is 12.4 Å². The number of carbonyl (C=O) groups is 2. The number of hydrogen-bond acceptors (Lipinski definition) is 5. The molecule has 0 radical (unpaired) electrons. The number of ether oxygens (including phenoxy) is 1. The Morgan fingerprint density at radius 2 is 1.83 bits per heavy atom. The summed E-state index contributed by atoms with van der Waals surface area (Å²) in [7, 11) is 1.49. The van der Waals surface area contributed by atoms with E-state index in [4.69, 9.17) is 4.74 Å². The van der Waals surface area contributed by atoms with Crippen molar-refractivity contribution in [2.24, 2.45) is 4.99 Å². The van der Waals surface area contributed by atoms with Crippen LogP contribution in [0, 0.1) is 0 Å². The summed E-state index contributed by atoms with van der Waals surface area (Å²) in [6, 6.07) is 5.66. The number of thioether (sulfide) groups is 1. The number of anilines is 1. The van der Waals surface area contributed by atoms with Crippen molar-refractivity contribution in [1.29, 1.82) is 0 Å². The van der Waals surface area contributed by atoms with Gasteiger partial charge in [0.05, 0.1) is 21.7 Å². The Bertz CT molecular complexity index is 1220. The second kappa shape index (κ2) is 10.0. The largest absolute Gasteiger partial charge is 0.487 e. The standard InChI is InChI=1S/C22H17F6N3O3S/c1-11(32)30-16-7-12(8-18-19(29-2)31-20(33)35-18)3-6-17(16)34-10-13-4-5-14(21(23,24)25)9-15(13)22(26,27)28/h3-9H,10H2,1-2H3,(H,30,32)(H,29,31,33). The zero-order valence-corrected chi connectivity index (χ0v) is 18.9. The van der Waals surface area contributed by atoms with Gasteiger partial charge in [0.2, 0.25) is 5.91 Å². The van der Waals surface area contributed by atoms with Crippen LogP contribution in [0.1, 0.15) is 29.2 Å². The molecule has 0 aliphatic carbocycles. The van der Waals surface area contributed by atoms with Crippen molar-refractivity contribution < 1.29 is 40.7 Å². The first-order chi connectivity index (χ1) is 16.3. The smallest absolute Gasteiger partial charge is 0.416 e. The van der Waals surface area contributed by atoms with E-state index in [0.717, 1.165) is 11.8 Å². The lowest BCUT2D eigenvalue weighted by molar-refractivity contribution is -0.143. The Morgan fingerprint density at radius 1 is 1.11 bits per heavy atom. The summed E-state index contributed by atoms with van der Waals surface area (Å²) in [5, 5.41) is 4.73. The fourth-order valence-corrected chi connectivity index (χ4v) is 3.88. The highest BCUT2D eigenvalue weighted by Crippen LogP contribution is 2.38. The first-order valence-electron chi connectivity index (χ1n) is 9.77. The van der Waals surface area contributed by atoms with Crippen LogP contribution >= 0.6 is 11.8 Å². The second-order valence-electron chi connectivity index (χ2n) is 7.19. The summed E-state index contributed by atoms with van der Waals surface area (Å²) >= 11 is 0.906. The van der Waals surface area contributed by atoms with E-state index in [1.807, 2.05) is 0 Å². The first kappa shape index (κ1) is 26.1. The second-order valence-corrected chi connectivity index (χ2v) is 8.20. The van der Waals surface area contributed by atoms with Crippen LogP contribution in [-0.2, 0) is 23.8 Å². The molecule has 13 heteroatoms. The van der Waals surface area contributed by atoms with E-state index >= 15 is 0 Å². The molecule has 1 saturated heterocycles. The molecule has 0 unspecified atom stereocenters. The predicted octanol–water partition coefficient (Wildman–Crippen LogP) is 6.09. The molecule has 2 amide bonds. The highest BCUT2D eigenvalue weighted by atomic mass is 32.2. The summed E-state index contributed by atoms with van der Waals surface area (Å²) in [6.45, 7) is 0.505. The highest BCUT2D eigenvalue weighted by Gasteiger charge is 2.38. The number of hydrogen-bond donors (Lipinski definition) is 2. The lowest BCUT2D eigenvalue weighted by Crippen LogP contribution is -2.18. The molecule has 2 aromatic carbocycles. The molecule has 2 aromatic rings. The van der Waals surface area contributed by atoms with E-state index in [1.165, 1.54) is 32.2 Å². The molecule has 1 aliphatic rings. The number of alkyl halides is 6. The van der Waals surface area contributed by atoms with Crippen LogP contribution in [0.5, 0.6) is 5.75 Å². The summed E-state index contributed by atoms with van der Waals surface area (Å²) in [4.78, 5) is 27.7. The third-order valence-corrected chi connectivity index (χ3v) is 5.44. The first-order valence-corrected chi connectivity index (χ1v) is 10.6. The number of halogens is 6. The quantitative estimate of drug-likeness (QED) is 0.471. The number of aliphatic imine (C=N–C) groups is 1. The minimum absolute atomic E-state index is 0.00645. The SMILES string of the molecule is CN=C1NC(=O)SC1=Cc1ccc(OCc2ccc(C(F)(F)F)cc2C(F)(F)F)c(NC(C)=O)c1. The molecule has 0 spiro atoms. The van der Waals surface area contributed by atoms with Crippen LogP contribution in [0.25, 0.3) is 6.08 Å². The molecule has 0 bridgehead atoms. The zero-order chi connectivity index (χ0) is 26.0. The maximum atomic E-state index is 13.4. The van der Waals surface area contributed by atoms with Crippen LogP contribution < -0.4 is 15.4 Å². The average molecular weight is 517 g/mol. The molecule has 186 valence electrons. The Morgan fingerprint density at radius 3 is 2.43 bits per heavy atom. The van der Waals surface area contributed by atoms with Gasteiger partial charge in [0, 0.05) is 19.5 Å². The van der Waals surface area contributed by atoms with E-state index in [2.05, 4.69) is 15.6 Å². The normalized spacial score (nSPS) is 16.5. The summed E-state index contributed by atoms with van der Waals surface area (Å²) < 4.78 is 84.3. The average Bonchev–Trinajstić information content (AvgIpc) is 3.10. The molecule has 0 aromatic heterocycles. The zero-order valence-electron chi connectivity index (χ0n) is 18.1. The Kier molecular flexibility index (Phi) is 7.48. The van der Waals surface area contributed by atoms with Gasteiger partial charge in [0.15, 0.2) is 0 Å². The molecule has 6 nitrogen and oxygen atoms in total. The van der Waals surface area contributed by atoms with Gasteiger partial charge in [-0.15, -0.1) is 0 Å². The third-order valence-electron chi connectivity index (χ3n) is 4.62. The third kappa shape index (κ3) is 6.56.